The van der Waals surface area contributed by atoms with Gasteiger partial charge in [-0.15, -0.1) is 0 Å². The molecule has 1 aliphatic rings. The first kappa shape index (κ1) is 11.9. The maximum atomic E-state index is 4.66. The second kappa shape index (κ2) is 5.15. The van der Waals surface area contributed by atoms with Crippen LogP contribution in [0.5, 0.6) is 0 Å². The maximum absolute atomic E-state index is 4.66. The SMILES string of the molecule is CCc1nc(CSC(C)C)nc2c1CNC2. The summed E-state index contributed by atoms with van der Waals surface area (Å²) < 4.78 is 0. The van der Waals surface area contributed by atoms with Crippen molar-refractivity contribution >= 4 is 11.8 Å². The molecule has 1 N–H and O–H groups in total. The highest BCUT2D eigenvalue weighted by molar-refractivity contribution is 7.99. The van der Waals surface area contributed by atoms with Crippen molar-refractivity contribution in [3.8, 4) is 0 Å². The summed E-state index contributed by atoms with van der Waals surface area (Å²) in [6, 6.07) is 0. The molecule has 16 heavy (non-hydrogen) atoms. The van der Waals surface area contributed by atoms with Crippen molar-refractivity contribution in [3.05, 3.63) is 22.8 Å². The number of thioether (sulfide) groups is 1. The first-order chi connectivity index (χ1) is 7.70. The highest BCUT2D eigenvalue weighted by Gasteiger charge is 2.17. The fraction of sp³-hybridized carbons (Fsp3) is 0.667. The van der Waals surface area contributed by atoms with E-state index in [-0.39, 0.29) is 0 Å². The number of aromatic nitrogens is 2. The lowest BCUT2D eigenvalue weighted by Gasteiger charge is -2.09. The van der Waals surface area contributed by atoms with E-state index in [4.69, 9.17) is 0 Å². The highest BCUT2D eigenvalue weighted by Crippen LogP contribution is 2.20. The number of hydrogen-bond acceptors (Lipinski definition) is 4. The largest absolute Gasteiger partial charge is 0.307 e. The van der Waals surface area contributed by atoms with Crippen molar-refractivity contribution in [2.75, 3.05) is 0 Å². The normalized spacial score (nSPS) is 14.5. The maximum Gasteiger partial charge on any atom is 0.138 e. The zero-order chi connectivity index (χ0) is 11.5. The second-order valence-electron chi connectivity index (χ2n) is 4.33. The van der Waals surface area contributed by atoms with Crippen LogP contribution in [-0.2, 0) is 25.3 Å². The Balaban J connectivity index is 2.20. The molecule has 1 aromatic heterocycles. The van der Waals surface area contributed by atoms with Gasteiger partial charge in [0.15, 0.2) is 0 Å². The molecule has 3 nitrogen and oxygen atoms in total. The molecular formula is C12H19N3S. The summed E-state index contributed by atoms with van der Waals surface area (Å²) in [5, 5.41) is 3.98. The van der Waals surface area contributed by atoms with Gasteiger partial charge < -0.3 is 5.32 Å². The summed E-state index contributed by atoms with van der Waals surface area (Å²) in [7, 11) is 0. The number of nitrogens with zero attached hydrogens (tertiary/aromatic N) is 2. The van der Waals surface area contributed by atoms with Gasteiger partial charge in [0.1, 0.15) is 5.82 Å². The highest BCUT2D eigenvalue weighted by atomic mass is 32.2. The van der Waals surface area contributed by atoms with E-state index in [9.17, 15) is 0 Å². The number of aryl methyl sites for hydroxylation is 1. The molecule has 0 amide bonds. The monoisotopic (exact) mass is 237 g/mol. The van der Waals surface area contributed by atoms with Gasteiger partial charge in [-0.3, -0.25) is 0 Å². The Labute approximate surface area is 101 Å². The number of hydrogen-bond donors (Lipinski definition) is 1. The van der Waals surface area contributed by atoms with Gasteiger partial charge in [0.2, 0.25) is 0 Å². The zero-order valence-electron chi connectivity index (χ0n) is 10.2. The molecule has 0 aliphatic carbocycles. The quantitative estimate of drug-likeness (QED) is 0.872. The second-order valence-corrected chi connectivity index (χ2v) is 5.89. The third-order valence-corrected chi connectivity index (χ3v) is 3.79. The van der Waals surface area contributed by atoms with E-state index in [1.807, 2.05) is 11.8 Å². The van der Waals surface area contributed by atoms with Gasteiger partial charge in [-0.25, -0.2) is 9.97 Å². The third kappa shape index (κ3) is 2.55. The molecule has 0 unspecified atom stereocenters. The van der Waals surface area contributed by atoms with Gasteiger partial charge >= 0.3 is 0 Å². The molecule has 0 atom stereocenters. The Kier molecular flexibility index (Phi) is 3.82. The first-order valence-electron chi connectivity index (χ1n) is 5.90. The minimum atomic E-state index is 0.639. The molecular weight excluding hydrogens is 218 g/mol. The van der Waals surface area contributed by atoms with Crippen molar-refractivity contribution in [2.24, 2.45) is 0 Å². The van der Waals surface area contributed by atoms with Crippen molar-refractivity contribution < 1.29 is 0 Å². The lowest BCUT2D eigenvalue weighted by molar-refractivity contribution is 0.755. The zero-order valence-corrected chi connectivity index (χ0v) is 11.0. The Morgan fingerprint density at radius 3 is 2.81 bits per heavy atom. The van der Waals surface area contributed by atoms with Crippen molar-refractivity contribution in [1.82, 2.24) is 15.3 Å². The van der Waals surface area contributed by atoms with Crippen LogP contribution in [0.4, 0.5) is 0 Å². The number of fused-ring (bicyclic) bond motifs is 1. The molecule has 2 heterocycles. The first-order valence-corrected chi connectivity index (χ1v) is 6.95. The van der Waals surface area contributed by atoms with E-state index in [0.717, 1.165) is 31.1 Å². The summed E-state index contributed by atoms with van der Waals surface area (Å²) in [6.45, 7) is 8.43. The van der Waals surface area contributed by atoms with E-state index in [1.54, 1.807) is 0 Å². The summed E-state index contributed by atoms with van der Waals surface area (Å²) in [6.07, 6.45) is 1.01. The van der Waals surface area contributed by atoms with E-state index in [0.29, 0.717) is 5.25 Å². The van der Waals surface area contributed by atoms with E-state index >= 15 is 0 Å². The van der Waals surface area contributed by atoms with E-state index in [2.05, 4.69) is 36.1 Å². The van der Waals surface area contributed by atoms with Crippen LogP contribution in [0.2, 0.25) is 0 Å². The summed E-state index contributed by atoms with van der Waals surface area (Å²) >= 11 is 1.90. The number of rotatable bonds is 4. The summed E-state index contributed by atoms with van der Waals surface area (Å²) in [5.41, 5.74) is 3.78. The molecule has 0 bridgehead atoms. The smallest absolute Gasteiger partial charge is 0.138 e. The van der Waals surface area contributed by atoms with Gasteiger partial charge in [-0.05, 0) is 11.7 Å². The lowest BCUT2D eigenvalue weighted by atomic mass is 10.1. The molecule has 4 heteroatoms. The average molecular weight is 237 g/mol. The molecule has 2 rings (SSSR count). The molecule has 0 saturated heterocycles. The van der Waals surface area contributed by atoms with Crippen molar-refractivity contribution in [2.45, 2.75) is 51.3 Å². The van der Waals surface area contributed by atoms with Crippen molar-refractivity contribution in [3.63, 3.8) is 0 Å². The molecule has 1 aromatic rings. The molecule has 1 aliphatic heterocycles. The van der Waals surface area contributed by atoms with Crippen LogP contribution in [-0.4, -0.2) is 15.2 Å². The van der Waals surface area contributed by atoms with Gasteiger partial charge in [0.05, 0.1) is 11.4 Å². The Hall–Kier alpha value is -0.610. The molecule has 0 aromatic carbocycles. The van der Waals surface area contributed by atoms with Crippen LogP contribution in [0.1, 0.15) is 43.5 Å². The third-order valence-electron chi connectivity index (χ3n) is 2.70. The lowest BCUT2D eigenvalue weighted by Crippen LogP contribution is -2.05. The molecule has 0 fully saturated rings. The van der Waals surface area contributed by atoms with Gasteiger partial charge in [-0.2, -0.15) is 11.8 Å². The number of nitrogens with one attached hydrogen (secondary N) is 1. The molecule has 0 radical (unpaired) electrons. The van der Waals surface area contributed by atoms with Gasteiger partial charge in [-0.1, -0.05) is 20.8 Å². The Bertz CT molecular complexity index is 377. The van der Waals surface area contributed by atoms with Crippen LogP contribution >= 0.6 is 11.8 Å². The average Bonchev–Trinajstić information content (AvgIpc) is 2.73. The Morgan fingerprint density at radius 2 is 2.12 bits per heavy atom. The van der Waals surface area contributed by atoms with Crippen LogP contribution < -0.4 is 5.32 Å². The molecule has 88 valence electrons. The minimum absolute atomic E-state index is 0.639. The fourth-order valence-corrected chi connectivity index (χ4v) is 2.50. The predicted octanol–water partition coefficient (Wildman–Crippen LogP) is 2.28. The van der Waals surface area contributed by atoms with Gasteiger partial charge in [0, 0.05) is 24.3 Å². The van der Waals surface area contributed by atoms with Crippen LogP contribution in [0.3, 0.4) is 0 Å². The van der Waals surface area contributed by atoms with E-state index in [1.165, 1.54) is 17.0 Å². The van der Waals surface area contributed by atoms with Gasteiger partial charge in [0.25, 0.3) is 0 Å². The fourth-order valence-electron chi connectivity index (χ4n) is 1.89. The van der Waals surface area contributed by atoms with Crippen LogP contribution in [0, 0.1) is 0 Å². The molecule has 0 saturated carbocycles. The predicted molar refractivity (Wildman–Crippen MR) is 68.4 cm³/mol. The van der Waals surface area contributed by atoms with E-state index < -0.39 is 0 Å². The molecule has 0 spiro atoms. The summed E-state index contributed by atoms with van der Waals surface area (Å²) in [5.74, 6) is 1.93. The Morgan fingerprint density at radius 1 is 1.31 bits per heavy atom. The van der Waals surface area contributed by atoms with Crippen LogP contribution in [0.25, 0.3) is 0 Å². The minimum Gasteiger partial charge on any atom is -0.307 e. The topological polar surface area (TPSA) is 37.8 Å². The summed E-state index contributed by atoms with van der Waals surface area (Å²) in [4.78, 5) is 9.30. The van der Waals surface area contributed by atoms with Crippen molar-refractivity contribution in [1.29, 1.82) is 0 Å². The standard InChI is InChI=1S/C12H19N3S/c1-4-10-9-5-13-6-11(9)15-12(14-10)7-16-8(2)3/h8,13H,4-7H2,1-3H3. The van der Waals surface area contributed by atoms with Crippen LogP contribution in [0.15, 0.2) is 0 Å².